The fourth-order valence-corrected chi connectivity index (χ4v) is 1.57. The van der Waals surface area contributed by atoms with Crippen LogP contribution < -0.4 is 0 Å². The summed E-state index contributed by atoms with van der Waals surface area (Å²) in [6.07, 6.45) is 4.68. The van der Waals surface area contributed by atoms with Crippen LogP contribution in [0, 0.1) is 0 Å². The molecule has 5 heteroatoms. The summed E-state index contributed by atoms with van der Waals surface area (Å²) in [6, 6.07) is 3.36. The highest BCUT2D eigenvalue weighted by Crippen LogP contribution is 2.13. The summed E-state index contributed by atoms with van der Waals surface area (Å²) in [5, 5.41) is 0.821. The lowest BCUT2D eigenvalue weighted by Crippen LogP contribution is -2.00. The van der Waals surface area contributed by atoms with Crippen LogP contribution in [0.2, 0.25) is 0 Å². The summed E-state index contributed by atoms with van der Waals surface area (Å²) in [5.74, 6) is 0. The number of hydrogen-bond donors (Lipinski definition) is 0. The monoisotopic (exact) mass is 181 g/mol. The van der Waals surface area contributed by atoms with Gasteiger partial charge in [0.25, 0.3) is 0 Å². The Balaban J connectivity index is 2.79. The van der Waals surface area contributed by atoms with E-state index in [1.807, 2.05) is 0 Å². The zero-order valence-corrected chi connectivity index (χ0v) is 6.82. The highest BCUT2D eigenvalue weighted by Gasteiger charge is 1.98. The van der Waals surface area contributed by atoms with Gasteiger partial charge in [-0.15, -0.1) is 0 Å². The standard InChI is InChI=1S/C7H6N2O2S/c10-12(11)9-4-2-6-5-8-3-1-7(6)9/h1-5H,(H,10,11)/p-1. The fourth-order valence-electron chi connectivity index (χ4n) is 1.09. The van der Waals surface area contributed by atoms with E-state index >= 15 is 0 Å². The Bertz CT molecular complexity index is 438. The maximum absolute atomic E-state index is 10.6. The van der Waals surface area contributed by atoms with E-state index in [0.29, 0.717) is 5.52 Å². The molecule has 0 amide bonds. The van der Waals surface area contributed by atoms with Crippen LogP contribution in [-0.2, 0) is 11.3 Å². The summed E-state index contributed by atoms with van der Waals surface area (Å²) in [4.78, 5) is 3.87. The highest BCUT2D eigenvalue weighted by molar-refractivity contribution is 7.77. The predicted octanol–water partition coefficient (Wildman–Crippen LogP) is 0.678. The van der Waals surface area contributed by atoms with E-state index in [1.165, 1.54) is 6.20 Å². The fraction of sp³-hybridized carbons (Fsp3) is 0. The second kappa shape index (κ2) is 2.69. The number of hydrogen-bond acceptors (Lipinski definition) is 3. The van der Waals surface area contributed by atoms with Crippen LogP contribution in [-0.4, -0.2) is 17.7 Å². The molecule has 0 aliphatic carbocycles. The molecule has 0 saturated carbocycles. The minimum Gasteiger partial charge on any atom is -0.755 e. The predicted molar refractivity (Wildman–Crippen MR) is 44.1 cm³/mol. The molecule has 4 nitrogen and oxygen atoms in total. The molecule has 0 fully saturated rings. The quantitative estimate of drug-likeness (QED) is 0.608. The van der Waals surface area contributed by atoms with E-state index in [-0.39, 0.29) is 0 Å². The Hall–Kier alpha value is -1.20. The topological polar surface area (TPSA) is 57.9 Å². The van der Waals surface area contributed by atoms with Crippen LogP contribution in [0.1, 0.15) is 0 Å². The maximum Gasteiger partial charge on any atom is 0.0634 e. The third kappa shape index (κ3) is 1.03. The van der Waals surface area contributed by atoms with Crippen molar-refractivity contribution >= 4 is 22.2 Å². The van der Waals surface area contributed by atoms with E-state index in [4.69, 9.17) is 0 Å². The van der Waals surface area contributed by atoms with Gasteiger partial charge in [0.15, 0.2) is 0 Å². The number of fused-ring (bicyclic) bond motifs is 1. The minimum atomic E-state index is -2.23. The Morgan fingerprint density at radius 2 is 2.33 bits per heavy atom. The van der Waals surface area contributed by atoms with Crippen LogP contribution in [0.5, 0.6) is 0 Å². The number of nitrogens with zero attached hydrogens (tertiary/aromatic N) is 2. The molecule has 1 unspecified atom stereocenters. The molecular weight excluding hydrogens is 176 g/mol. The lowest BCUT2D eigenvalue weighted by Gasteiger charge is -2.06. The molecular formula is C7H5N2O2S-. The third-order valence-corrected chi connectivity index (χ3v) is 2.25. The lowest BCUT2D eigenvalue weighted by atomic mass is 10.3. The summed E-state index contributed by atoms with van der Waals surface area (Å²) >= 11 is -2.23. The molecule has 0 spiro atoms. The second-order valence-electron chi connectivity index (χ2n) is 2.29. The van der Waals surface area contributed by atoms with Crippen LogP contribution in [0.25, 0.3) is 10.9 Å². The number of aromatic nitrogens is 2. The average Bonchev–Trinajstić information content (AvgIpc) is 2.47. The molecule has 0 aliphatic heterocycles. The molecule has 0 bridgehead atoms. The first-order valence-electron chi connectivity index (χ1n) is 3.30. The average molecular weight is 181 g/mol. The smallest absolute Gasteiger partial charge is 0.0634 e. The minimum absolute atomic E-state index is 0.651. The number of pyridine rings is 1. The molecule has 62 valence electrons. The summed E-state index contributed by atoms with van der Waals surface area (Å²) in [6.45, 7) is 0. The van der Waals surface area contributed by atoms with Gasteiger partial charge in [-0.1, -0.05) is 0 Å². The molecule has 2 rings (SSSR count). The third-order valence-electron chi connectivity index (χ3n) is 1.62. The zero-order chi connectivity index (χ0) is 8.55. The zero-order valence-electron chi connectivity index (χ0n) is 6.01. The molecule has 2 aromatic rings. The molecule has 1 atom stereocenters. The van der Waals surface area contributed by atoms with E-state index in [0.717, 1.165) is 9.36 Å². The van der Waals surface area contributed by atoms with Gasteiger partial charge in [0, 0.05) is 24.0 Å². The van der Waals surface area contributed by atoms with Gasteiger partial charge in [0.1, 0.15) is 0 Å². The van der Waals surface area contributed by atoms with Crippen molar-refractivity contribution in [3.05, 3.63) is 30.7 Å². The van der Waals surface area contributed by atoms with Crippen molar-refractivity contribution in [1.82, 2.24) is 8.96 Å². The molecule has 2 aromatic heterocycles. The first kappa shape index (κ1) is 7.45. The van der Waals surface area contributed by atoms with E-state index in [2.05, 4.69) is 4.98 Å². The normalized spacial score (nSPS) is 13.4. The van der Waals surface area contributed by atoms with Crippen molar-refractivity contribution in [3.8, 4) is 0 Å². The van der Waals surface area contributed by atoms with E-state index in [9.17, 15) is 8.76 Å². The van der Waals surface area contributed by atoms with E-state index in [1.54, 1.807) is 24.5 Å². The van der Waals surface area contributed by atoms with Crippen LogP contribution in [0.3, 0.4) is 0 Å². The largest absolute Gasteiger partial charge is 0.755 e. The van der Waals surface area contributed by atoms with Gasteiger partial charge in [0.05, 0.1) is 16.8 Å². The van der Waals surface area contributed by atoms with Gasteiger partial charge < -0.3 is 4.55 Å². The van der Waals surface area contributed by atoms with Gasteiger partial charge in [0.2, 0.25) is 0 Å². The Labute approximate surface area is 71.3 Å². The van der Waals surface area contributed by atoms with Crippen molar-refractivity contribution in [3.63, 3.8) is 0 Å². The summed E-state index contributed by atoms with van der Waals surface area (Å²) < 4.78 is 22.4. The van der Waals surface area contributed by atoms with Gasteiger partial charge in [-0.25, -0.2) is 0 Å². The maximum atomic E-state index is 10.6. The Morgan fingerprint density at radius 1 is 1.50 bits per heavy atom. The summed E-state index contributed by atoms with van der Waals surface area (Å²) in [5.41, 5.74) is 0.651. The van der Waals surface area contributed by atoms with Gasteiger partial charge in [-0.05, 0) is 12.1 Å². The molecule has 0 N–H and O–H groups in total. The van der Waals surface area contributed by atoms with Gasteiger partial charge in [-0.3, -0.25) is 13.2 Å². The summed E-state index contributed by atoms with van der Waals surface area (Å²) in [7, 11) is 0. The van der Waals surface area contributed by atoms with Crippen LogP contribution in [0.4, 0.5) is 0 Å². The first-order chi connectivity index (χ1) is 5.79. The molecule has 12 heavy (non-hydrogen) atoms. The van der Waals surface area contributed by atoms with Crippen molar-refractivity contribution in [1.29, 1.82) is 0 Å². The van der Waals surface area contributed by atoms with Gasteiger partial charge in [-0.2, -0.15) is 0 Å². The Kier molecular flexibility index (Phi) is 1.67. The molecule has 2 heterocycles. The number of rotatable bonds is 1. The van der Waals surface area contributed by atoms with Gasteiger partial charge >= 0.3 is 0 Å². The molecule has 0 aliphatic rings. The van der Waals surface area contributed by atoms with Crippen molar-refractivity contribution in [2.24, 2.45) is 0 Å². The van der Waals surface area contributed by atoms with Crippen molar-refractivity contribution in [2.45, 2.75) is 0 Å². The first-order valence-corrected chi connectivity index (χ1v) is 4.33. The molecule has 0 aromatic carbocycles. The van der Waals surface area contributed by atoms with E-state index < -0.39 is 11.3 Å². The van der Waals surface area contributed by atoms with Crippen molar-refractivity contribution in [2.75, 3.05) is 0 Å². The lowest BCUT2D eigenvalue weighted by molar-refractivity contribution is 0.529. The van der Waals surface area contributed by atoms with Crippen molar-refractivity contribution < 1.29 is 8.76 Å². The highest BCUT2D eigenvalue weighted by atomic mass is 32.2. The Morgan fingerprint density at radius 3 is 3.08 bits per heavy atom. The molecule has 0 radical (unpaired) electrons. The molecule has 0 saturated heterocycles. The SMILES string of the molecule is O=S([O-])n1ccc2cnccc21. The van der Waals surface area contributed by atoms with Crippen LogP contribution >= 0.6 is 0 Å². The second-order valence-corrected chi connectivity index (χ2v) is 3.12. The van der Waals surface area contributed by atoms with Crippen LogP contribution in [0.15, 0.2) is 30.7 Å².